The van der Waals surface area contributed by atoms with Gasteiger partial charge in [0.05, 0.1) is 5.41 Å². The molecule has 0 fully saturated rings. The fraction of sp³-hybridized carbons (Fsp3) is 0.357. The van der Waals surface area contributed by atoms with Crippen molar-refractivity contribution in [2.45, 2.75) is 27.0 Å². The van der Waals surface area contributed by atoms with Crippen molar-refractivity contribution >= 4 is 17.6 Å². The largest absolute Gasteiger partial charge is 0.442 e. The van der Waals surface area contributed by atoms with Gasteiger partial charge in [-0.1, -0.05) is 17.5 Å². The zero-order valence-electron chi connectivity index (χ0n) is 11.4. The Morgan fingerprint density at radius 3 is 2.50 bits per heavy atom. The van der Waals surface area contributed by atoms with Gasteiger partial charge in [-0.25, -0.2) is 0 Å². The molecule has 6 heteroatoms. The van der Waals surface area contributed by atoms with E-state index in [-0.39, 0.29) is 0 Å². The van der Waals surface area contributed by atoms with Crippen LogP contribution in [0.15, 0.2) is 29.4 Å². The summed E-state index contributed by atoms with van der Waals surface area (Å²) in [5.74, 6) is 4.88. The maximum atomic E-state index is 11.7. The number of nitrogens with zero attached hydrogens (tertiary/aromatic N) is 3. The fourth-order valence-corrected chi connectivity index (χ4v) is 1.21. The number of hydrogen-bond acceptors (Lipinski definition) is 3. The monoisotopic (exact) mass is 291 g/mol. The summed E-state index contributed by atoms with van der Waals surface area (Å²) >= 11 is 5.76. The summed E-state index contributed by atoms with van der Waals surface area (Å²) in [6, 6.07) is 6.81. The van der Waals surface area contributed by atoms with Gasteiger partial charge in [-0.2, -0.15) is 0 Å². The molecule has 1 aromatic rings. The second-order valence-corrected chi connectivity index (χ2v) is 5.43. The lowest BCUT2D eigenvalue weighted by Gasteiger charge is -2.17. The SMILES string of the molecule is CC(C)(C)C(=O)OC(C#Cc1ccc(Cl)cc1)N=[N+]=[N-]. The first-order valence-corrected chi connectivity index (χ1v) is 6.23. The van der Waals surface area contributed by atoms with Crippen LogP contribution in [0, 0.1) is 17.3 Å². The van der Waals surface area contributed by atoms with Gasteiger partial charge < -0.3 is 4.74 Å². The molecule has 0 radical (unpaired) electrons. The number of hydrogen-bond donors (Lipinski definition) is 0. The number of halogens is 1. The molecular weight excluding hydrogens is 278 g/mol. The van der Waals surface area contributed by atoms with Crippen LogP contribution in [-0.4, -0.2) is 12.2 Å². The minimum absolute atomic E-state index is 0.486. The summed E-state index contributed by atoms with van der Waals surface area (Å²) in [4.78, 5) is 14.3. The highest BCUT2D eigenvalue weighted by molar-refractivity contribution is 6.30. The van der Waals surface area contributed by atoms with Crippen molar-refractivity contribution in [3.8, 4) is 11.8 Å². The Labute approximate surface area is 122 Å². The molecule has 5 nitrogen and oxygen atoms in total. The number of azide groups is 1. The van der Waals surface area contributed by atoms with Crippen molar-refractivity contribution in [2.75, 3.05) is 0 Å². The van der Waals surface area contributed by atoms with Crippen LogP contribution in [0.2, 0.25) is 5.02 Å². The topological polar surface area (TPSA) is 75.1 Å². The zero-order chi connectivity index (χ0) is 15.2. The van der Waals surface area contributed by atoms with E-state index >= 15 is 0 Å². The molecule has 0 saturated heterocycles. The lowest BCUT2D eigenvalue weighted by molar-refractivity contribution is -0.155. The van der Waals surface area contributed by atoms with Crippen molar-refractivity contribution in [2.24, 2.45) is 10.5 Å². The van der Waals surface area contributed by atoms with Crippen molar-refractivity contribution in [1.29, 1.82) is 0 Å². The normalized spacial score (nSPS) is 11.6. The predicted octanol–water partition coefficient (Wildman–Crippen LogP) is 3.92. The van der Waals surface area contributed by atoms with Gasteiger partial charge in [-0.05, 0) is 61.6 Å². The molecule has 0 amide bonds. The standard InChI is InChI=1S/C14H14ClN3O2/c1-14(2,3)13(19)20-12(17-18-16)9-6-10-4-7-11(15)8-5-10/h4-5,7-8,12H,1-3H3. The summed E-state index contributed by atoms with van der Waals surface area (Å²) in [5.41, 5.74) is 8.46. The number of esters is 1. The van der Waals surface area contributed by atoms with Crippen molar-refractivity contribution in [3.05, 3.63) is 45.3 Å². The molecule has 1 rings (SSSR count). The zero-order valence-corrected chi connectivity index (χ0v) is 12.2. The predicted molar refractivity (Wildman–Crippen MR) is 76.8 cm³/mol. The second kappa shape index (κ2) is 6.85. The molecule has 0 saturated carbocycles. The highest BCUT2D eigenvalue weighted by Crippen LogP contribution is 2.16. The summed E-state index contributed by atoms with van der Waals surface area (Å²) < 4.78 is 5.04. The van der Waals surface area contributed by atoms with E-state index in [2.05, 4.69) is 21.9 Å². The third kappa shape index (κ3) is 5.23. The molecule has 104 valence electrons. The average molecular weight is 292 g/mol. The number of benzene rings is 1. The Kier molecular flexibility index (Phi) is 5.45. The maximum Gasteiger partial charge on any atom is 0.312 e. The lowest BCUT2D eigenvalue weighted by Crippen LogP contribution is -2.26. The van der Waals surface area contributed by atoms with Gasteiger partial charge in [0, 0.05) is 15.5 Å². The molecule has 0 N–H and O–H groups in total. The van der Waals surface area contributed by atoms with Gasteiger partial charge in [-0.15, -0.1) is 0 Å². The summed E-state index contributed by atoms with van der Waals surface area (Å²) in [5, 5.41) is 3.95. The molecule has 0 aliphatic rings. The molecular formula is C14H14ClN3O2. The van der Waals surface area contributed by atoms with E-state index < -0.39 is 17.6 Å². The molecule has 0 spiro atoms. The summed E-state index contributed by atoms with van der Waals surface area (Å²) in [6.07, 6.45) is -1.15. The number of carbonyl (C=O) groups excluding carboxylic acids is 1. The third-order valence-corrected chi connectivity index (χ3v) is 2.42. The molecule has 0 bridgehead atoms. The number of carbonyl (C=O) groups is 1. The van der Waals surface area contributed by atoms with Gasteiger partial charge in [0.1, 0.15) is 0 Å². The van der Waals surface area contributed by atoms with Crippen LogP contribution in [0.1, 0.15) is 26.3 Å². The Bertz CT molecular complexity index is 588. The molecule has 0 aromatic heterocycles. The summed E-state index contributed by atoms with van der Waals surface area (Å²) in [6.45, 7) is 5.11. The van der Waals surface area contributed by atoms with Crippen molar-refractivity contribution in [3.63, 3.8) is 0 Å². The number of ether oxygens (including phenoxy) is 1. The van der Waals surface area contributed by atoms with Gasteiger partial charge in [0.2, 0.25) is 6.23 Å². The average Bonchev–Trinajstić information content (AvgIpc) is 2.37. The van der Waals surface area contributed by atoms with Crippen LogP contribution in [0.5, 0.6) is 0 Å². The van der Waals surface area contributed by atoms with Crippen LogP contribution < -0.4 is 0 Å². The van der Waals surface area contributed by atoms with Gasteiger partial charge in [-0.3, -0.25) is 4.79 Å². The van der Waals surface area contributed by atoms with Crippen LogP contribution in [-0.2, 0) is 9.53 Å². The van der Waals surface area contributed by atoms with Crippen molar-refractivity contribution < 1.29 is 9.53 Å². The van der Waals surface area contributed by atoms with E-state index in [0.717, 1.165) is 0 Å². The molecule has 1 unspecified atom stereocenters. The number of rotatable bonds is 2. The molecule has 20 heavy (non-hydrogen) atoms. The molecule has 0 aliphatic heterocycles. The second-order valence-electron chi connectivity index (χ2n) is 4.99. The van der Waals surface area contributed by atoms with Crippen LogP contribution >= 0.6 is 11.6 Å². The lowest BCUT2D eigenvalue weighted by atomic mass is 9.97. The highest BCUT2D eigenvalue weighted by atomic mass is 35.5. The first-order chi connectivity index (χ1) is 9.32. The minimum Gasteiger partial charge on any atom is -0.442 e. The molecule has 1 aromatic carbocycles. The third-order valence-electron chi connectivity index (χ3n) is 2.17. The minimum atomic E-state index is -1.15. The van der Waals surface area contributed by atoms with Crippen LogP contribution in [0.4, 0.5) is 0 Å². The molecule has 0 heterocycles. The van der Waals surface area contributed by atoms with Crippen LogP contribution in [0.25, 0.3) is 10.4 Å². The van der Waals surface area contributed by atoms with E-state index in [1.807, 2.05) is 0 Å². The quantitative estimate of drug-likeness (QED) is 0.272. The van der Waals surface area contributed by atoms with Gasteiger partial charge >= 0.3 is 5.97 Å². The first-order valence-electron chi connectivity index (χ1n) is 5.85. The summed E-state index contributed by atoms with van der Waals surface area (Å²) in [7, 11) is 0. The Balaban J connectivity index is 2.86. The molecule has 1 atom stereocenters. The van der Waals surface area contributed by atoms with E-state index in [1.165, 1.54) is 0 Å². The van der Waals surface area contributed by atoms with E-state index in [1.54, 1.807) is 45.0 Å². The van der Waals surface area contributed by atoms with Crippen molar-refractivity contribution in [1.82, 2.24) is 0 Å². The maximum absolute atomic E-state index is 11.7. The van der Waals surface area contributed by atoms with E-state index in [4.69, 9.17) is 21.9 Å². The highest BCUT2D eigenvalue weighted by Gasteiger charge is 2.25. The van der Waals surface area contributed by atoms with Crippen LogP contribution in [0.3, 0.4) is 0 Å². The Morgan fingerprint density at radius 2 is 2.00 bits per heavy atom. The first kappa shape index (κ1) is 15.9. The Morgan fingerprint density at radius 1 is 1.40 bits per heavy atom. The van der Waals surface area contributed by atoms with E-state index in [0.29, 0.717) is 10.6 Å². The fourth-order valence-electron chi connectivity index (χ4n) is 1.09. The van der Waals surface area contributed by atoms with Gasteiger partial charge in [0.15, 0.2) is 0 Å². The smallest absolute Gasteiger partial charge is 0.312 e. The molecule has 0 aliphatic carbocycles. The Hall–Kier alpha value is -2.15. The van der Waals surface area contributed by atoms with Gasteiger partial charge in [0.25, 0.3) is 0 Å². The van der Waals surface area contributed by atoms with E-state index in [9.17, 15) is 4.79 Å².